The van der Waals surface area contributed by atoms with E-state index in [4.69, 9.17) is 5.84 Å². The predicted molar refractivity (Wildman–Crippen MR) is 103 cm³/mol. The highest BCUT2D eigenvalue weighted by molar-refractivity contribution is 5.88. The molecule has 0 fully saturated rings. The second kappa shape index (κ2) is 8.17. The first-order chi connectivity index (χ1) is 12.5. The Kier molecular flexibility index (Phi) is 5.96. The molecule has 0 aliphatic heterocycles. The number of fused-ring (bicyclic) bond motifs is 2. The van der Waals surface area contributed by atoms with Crippen LogP contribution < -0.4 is 27.6 Å². The summed E-state index contributed by atoms with van der Waals surface area (Å²) in [5.41, 5.74) is 1.82. The number of rotatable bonds is 2. The summed E-state index contributed by atoms with van der Waals surface area (Å²) in [6.45, 7) is 0. The standard InChI is InChI=1S/C10H11N3O.C9H4O3.H2O/c11-13-10(14)5-7-6-12-9-4-2-1-3-8(7)9;10-7-5-3-1-2-4-6(5)8(11)9(7)12;/h1-4,6,12H,5,11H2,(H,13,14);1-4H;1H2. The van der Waals surface area contributed by atoms with Gasteiger partial charge in [0.25, 0.3) is 5.43 Å². The van der Waals surface area contributed by atoms with E-state index in [1.165, 1.54) is 12.1 Å². The summed E-state index contributed by atoms with van der Waals surface area (Å²) in [6.07, 6.45) is 2.14. The maximum atomic E-state index is 11.1. The van der Waals surface area contributed by atoms with Crippen LogP contribution in [0, 0.1) is 0 Å². The summed E-state index contributed by atoms with van der Waals surface area (Å²) in [6, 6.07) is 14.1. The second-order valence-corrected chi connectivity index (χ2v) is 5.64. The summed E-state index contributed by atoms with van der Waals surface area (Å²) in [5, 5.41) is 1.52. The summed E-state index contributed by atoms with van der Waals surface area (Å²) < 4.78 is 0. The third-order valence-corrected chi connectivity index (χ3v) is 4.02. The van der Waals surface area contributed by atoms with Crippen LogP contribution in [0.4, 0.5) is 0 Å². The first-order valence-electron chi connectivity index (χ1n) is 7.79. The van der Waals surface area contributed by atoms with E-state index in [0.29, 0.717) is 6.42 Å². The molecule has 27 heavy (non-hydrogen) atoms. The van der Waals surface area contributed by atoms with Crippen LogP contribution in [-0.2, 0) is 11.2 Å². The zero-order valence-electron chi connectivity index (χ0n) is 14.1. The van der Waals surface area contributed by atoms with Crippen molar-refractivity contribution in [1.29, 1.82) is 0 Å². The smallest absolute Gasteiger partial charge is 0.273 e. The molecule has 0 radical (unpaired) electrons. The highest BCUT2D eigenvalue weighted by Crippen LogP contribution is 2.17. The molecule has 0 saturated heterocycles. The predicted octanol–water partition coefficient (Wildman–Crippen LogP) is -0.328. The van der Waals surface area contributed by atoms with Crippen molar-refractivity contribution in [2.45, 2.75) is 6.42 Å². The Balaban J connectivity index is 0.000000189. The molecule has 0 saturated carbocycles. The average Bonchev–Trinajstić information content (AvgIpc) is 3.18. The number of nitrogens with one attached hydrogen (secondary N) is 2. The summed E-state index contributed by atoms with van der Waals surface area (Å²) >= 11 is 0. The number of nitrogens with two attached hydrogens (primary N) is 1. The van der Waals surface area contributed by atoms with Crippen LogP contribution in [0.5, 0.6) is 0 Å². The van der Waals surface area contributed by atoms with Crippen molar-refractivity contribution in [3.8, 4) is 0 Å². The van der Waals surface area contributed by atoms with Gasteiger partial charge >= 0.3 is 0 Å². The Labute approximate surface area is 152 Å². The first kappa shape index (κ1) is 19.7. The largest absolute Gasteiger partial charge is 0.412 e. The molecule has 0 aliphatic rings. The third-order valence-electron chi connectivity index (χ3n) is 4.02. The first-order valence-corrected chi connectivity index (χ1v) is 7.79. The van der Waals surface area contributed by atoms with Crippen LogP contribution in [0.3, 0.4) is 0 Å². The van der Waals surface area contributed by atoms with Gasteiger partial charge in [0.05, 0.1) is 6.42 Å². The van der Waals surface area contributed by atoms with Gasteiger partial charge in [0, 0.05) is 27.9 Å². The van der Waals surface area contributed by atoms with Gasteiger partial charge < -0.3 is 10.5 Å². The van der Waals surface area contributed by atoms with Crippen molar-refractivity contribution in [1.82, 2.24) is 10.4 Å². The molecule has 8 nitrogen and oxygen atoms in total. The van der Waals surface area contributed by atoms with Crippen molar-refractivity contribution in [2.75, 3.05) is 0 Å². The Morgan fingerprint density at radius 1 is 0.852 bits per heavy atom. The van der Waals surface area contributed by atoms with Crippen LogP contribution >= 0.6 is 0 Å². The van der Waals surface area contributed by atoms with E-state index in [0.717, 1.165) is 16.5 Å². The molecular weight excluding hydrogens is 350 g/mol. The molecule has 0 bridgehead atoms. The number of para-hydroxylation sites is 1. The quantitative estimate of drug-likeness (QED) is 0.192. The van der Waals surface area contributed by atoms with Gasteiger partial charge in [-0.1, -0.05) is 42.5 Å². The number of amides is 1. The van der Waals surface area contributed by atoms with E-state index in [1.807, 2.05) is 30.5 Å². The topological polar surface area (TPSA) is 154 Å². The molecule has 6 N–H and O–H groups in total. The number of carbonyl (C=O) groups is 1. The lowest BCUT2D eigenvalue weighted by atomic mass is 10.1. The fourth-order valence-electron chi connectivity index (χ4n) is 2.73. The third kappa shape index (κ3) is 3.81. The van der Waals surface area contributed by atoms with Gasteiger partial charge in [0.2, 0.25) is 16.8 Å². The van der Waals surface area contributed by atoms with Gasteiger partial charge in [0.1, 0.15) is 0 Å². The Hall–Kier alpha value is -3.62. The van der Waals surface area contributed by atoms with Crippen LogP contribution in [0.2, 0.25) is 0 Å². The number of H-pyrrole nitrogens is 1. The van der Waals surface area contributed by atoms with Crippen LogP contribution in [0.15, 0.2) is 69.1 Å². The van der Waals surface area contributed by atoms with Gasteiger partial charge in [-0.25, -0.2) is 5.84 Å². The maximum absolute atomic E-state index is 11.1. The monoisotopic (exact) mass is 367 g/mol. The average molecular weight is 367 g/mol. The van der Waals surface area contributed by atoms with Gasteiger partial charge in [0.15, 0.2) is 0 Å². The maximum Gasteiger partial charge on any atom is 0.273 e. The van der Waals surface area contributed by atoms with Crippen molar-refractivity contribution in [2.24, 2.45) is 5.84 Å². The van der Waals surface area contributed by atoms with Crippen molar-refractivity contribution < 1.29 is 10.3 Å². The number of carbonyl (C=O) groups excluding carboxylic acids is 1. The molecule has 1 aromatic heterocycles. The van der Waals surface area contributed by atoms with Gasteiger partial charge in [-0.05, 0) is 11.6 Å². The van der Waals surface area contributed by atoms with Crippen molar-refractivity contribution in [3.63, 3.8) is 0 Å². The van der Waals surface area contributed by atoms with E-state index in [9.17, 15) is 19.2 Å². The van der Waals surface area contributed by atoms with Crippen LogP contribution in [0.25, 0.3) is 21.7 Å². The molecule has 8 heteroatoms. The zero-order valence-corrected chi connectivity index (χ0v) is 14.1. The Bertz CT molecular complexity index is 1190. The minimum atomic E-state index is -0.920. The number of hydrogen-bond donors (Lipinski definition) is 3. The number of hydrazine groups is 1. The van der Waals surface area contributed by atoms with E-state index < -0.39 is 16.3 Å². The van der Waals surface area contributed by atoms with Gasteiger partial charge in [-0.15, -0.1) is 0 Å². The molecule has 3 aromatic carbocycles. The SMILES string of the molecule is NNC(=O)Cc1c[nH]c2ccccc12.O.O=c1c(=O)c2ccccc2c1=O. The molecule has 0 unspecified atom stereocenters. The minimum Gasteiger partial charge on any atom is -0.412 e. The Morgan fingerprint density at radius 3 is 1.93 bits per heavy atom. The highest BCUT2D eigenvalue weighted by atomic mass is 16.2. The van der Waals surface area contributed by atoms with E-state index in [1.54, 1.807) is 12.1 Å². The van der Waals surface area contributed by atoms with E-state index >= 15 is 0 Å². The fraction of sp³-hybridized carbons (Fsp3) is 0.0526. The van der Waals surface area contributed by atoms with Crippen LogP contribution in [0.1, 0.15) is 5.56 Å². The number of hydrogen-bond acceptors (Lipinski definition) is 5. The highest BCUT2D eigenvalue weighted by Gasteiger charge is 2.10. The summed E-state index contributed by atoms with van der Waals surface area (Å²) in [7, 11) is 0. The molecule has 4 aromatic rings. The van der Waals surface area contributed by atoms with E-state index in [2.05, 4.69) is 10.4 Å². The molecular formula is C19H17N3O5. The lowest BCUT2D eigenvalue weighted by molar-refractivity contribution is -0.120. The minimum absolute atomic E-state index is 0. The van der Waals surface area contributed by atoms with Gasteiger partial charge in [-0.2, -0.15) is 0 Å². The Morgan fingerprint density at radius 2 is 1.37 bits per heavy atom. The number of aromatic nitrogens is 1. The molecule has 1 heterocycles. The van der Waals surface area contributed by atoms with Crippen molar-refractivity contribution >= 4 is 27.6 Å². The molecule has 0 spiro atoms. The van der Waals surface area contributed by atoms with Gasteiger partial charge in [-0.3, -0.25) is 24.6 Å². The summed E-state index contributed by atoms with van der Waals surface area (Å²) in [4.78, 5) is 47.1. The normalized spacial score (nSPS) is 10.1. The van der Waals surface area contributed by atoms with Crippen molar-refractivity contribution in [3.05, 3.63) is 91.0 Å². The lowest BCUT2D eigenvalue weighted by Gasteiger charge is -1.97. The number of benzene rings is 2. The number of aromatic amines is 1. The fourth-order valence-corrected chi connectivity index (χ4v) is 2.73. The molecule has 138 valence electrons. The van der Waals surface area contributed by atoms with Crippen LogP contribution in [-0.4, -0.2) is 16.4 Å². The molecule has 0 aliphatic carbocycles. The van der Waals surface area contributed by atoms with E-state index in [-0.39, 0.29) is 22.2 Å². The summed E-state index contributed by atoms with van der Waals surface area (Å²) in [5.74, 6) is 4.84. The lowest BCUT2D eigenvalue weighted by Crippen LogP contribution is -2.31. The molecule has 1 amide bonds. The second-order valence-electron chi connectivity index (χ2n) is 5.64. The molecule has 0 atom stereocenters. The zero-order chi connectivity index (χ0) is 18.7. The molecule has 4 rings (SSSR count).